The minimum Gasteiger partial charge on any atom is -0.481 e. The van der Waals surface area contributed by atoms with Crippen LogP contribution >= 0.6 is 0 Å². The number of carbonyl (C=O) groups is 1. The van der Waals surface area contributed by atoms with Crippen molar-refractivity contribution < 1.29 is 9.90 Å². The zero-order valence-corrected chi connectivity index (χ0v) is 13.7. The van der Waals surface area contributed by atoms with Crippen molar-refractivity contribution in [2.75, 3.05) is 6.54 Å². The fourth-order valence-corrected chi connectivity index (χ4v) is 2.91. The lowest BCUT2D eigenvalue weighted by molar-refractivity contribution is -0.136. The van der Waals surface area contributed by atoms with E-state index in [4.69, 9.17) is 5.11 Å². The monoisotopic (exact) mass is 297 g/mol. The summed E-state index contributed by atoms with van der Waals surface area (Å²) in [5.41, 5.74) is 3.23. The van der Waals surface area contributed by atoms with Crippen LogP contribution in [0.15, 0.2) is 41.4 Å². The van der Waals surface area contributed by atoms with Crippen LogP contribution in [0.4, 0.5) is 0 Å². The minimum atomic E-state index is -0.810. The molecule has 0 saturated heterocycles. The molecule has 2 aromatic carbocycles. The third-order valence-corrected chi connectivity index (χ3v) is 4.34. The first-order valence-electron chi connectivity index (χ1n) is 7.56. The predicted molar refractivity (Wildman–Crippen MR) is 91.9 cm³/mol. The summed E-state index contributed by atoms with van der Waals surface area (Å²) in [6.45, 7) is 8.74. The lowest BCUT2D eigenvalue weighted by Gasteiger charge is -2.29. The van der Waals surface area contributed by atoms with Crippen molar-refractivity contribution >= 4 is 22.5 Å². The maximum Gasteiger partial charge on any atom is 0.305 e. The third kappa shape index (κ3) is 3.19. The molecule has 0 amide bonds. The Hall–Kier alpha value is -2.16. The van der Waals surface area contributed by atoms with Gasteiger partial charge in [0, 0.05) is 17.7 Å². The molecule has 0 aliphatic carbocycles. The van der Waals surface area contributed by atoms with Crippen LogP contribution in [0.1, 0.15) is 38.3 Å². The molecule has 2 aromatic rings. The van der Waals surface area contributed by atoms with E-state index >= 15 is 0 Å². The summed E-state index contributed by atoms with van der Waals surface area (Å²) in [6, 6.07) is 12.6. The smallest absolute Gasteiger partial charge is 0.305 e. The van der Waals surface area contributed by atoms with Crippen LogP contribution in [-0.4, -0.2) is 23.3 Å². The average Bonchev–Trinajstić information content (AvgIpc) is 2.46. The Morgan fingerprint density at radius 3 is 2.55 bits per heavy atom. The number of nitrogens with zero attached hydrogens (tertiary/aromatic N) is 1. The molecule has 116 valence electrons. The van der Waals surface area contributed by atoms with Gasteiger partial charge in [0.25, 0.3) is 0 Å². The number of aliphatic imine (C=N–C) groups is 1. The van der Waals surface area contributed by atoms with Crippen molar-refractivity contribution in [2.45, 2.75) is 39.5 Å². The molecule has 3 nitrogen and oxygen atoms in total. The fourth-order valence-electron chi connectivity index (χ4n) is 2.91. The first-order valence-corrected chi connectivity index (χ1v) is 7.56. The summed E-state index contributed by atoms with van der Waals surface area (Å²) in [4.78, 5) is 15.2. The third-order valence-electron chi connectivity index (χ3n) is 4.34. The highest BCUT2D eigenvalue weighted by Crippen LogP contribution is 2.34. The van der Waals surface area contributed by atoms with Crippen molar-refractivity contribution in [3.8, 4) is 0 Å². The van der Waals surface area contributed by atoms with Crippen LogP contribution in [0, 0.1) is 6.92 Å². The normalized spacial score (nSPS) is 12.6. The summed E-state index contributed by atoms with van der Waals surface area (Å²) in [5, 5.41) is 11.2. The van der Waals surface area contributed by atoms with Crippen molar-refractivity contribution in [3.05, 3.63) is 47.5 Å². The summed E-state index contributed by atoms with van der Waals surface area (Å²) >= 11 is 0. The Morgan fingerprint density at radius 1 is 1.18 bits per heavy atom. The van der Waals surface area contributed by atoms with E-state index < -0.39 is 5.97 Å². The second kappa shape index (κ2) is 6.30. The first kappa shape index (κ1) is 16.2. The second-order valence-electron chi connectivity index (χ2n) is 6.21. The van der Waals surface area contributed by atoms with Gasteiger partial charge in [-0.05, 0) is 35.7 Å². The second-order valence-corrected chi connectivity index (χ2v) is 6.21. The van der Waals surface area contributed by atoms with Gasteiger partial charge < -0.3 is 5.11 Å². The van der Waals surface area contributed by atoms with Crippen molar-refractivity contribution in [3.63, 3.8) is 0 Å². The topological polar surface area (TPSA) is 49.7 Å². The number of fused-ring (bicyclic) bond motifs is 1. The lowest BCUT2D eigenvalue weighted by Crippen LogP contribution is -2.28. The molecule has 3 heteroatoms. The van der Waals surface area contributed by atoms with Crippen LogP contribution in [0.3, 0.4) is 0 Å². The van der Waals surface area contributed by atoms with E-state index in [1.807, 2.05) is 13.0 Å². The first-order chi connectivity index (χ1) is 10.3. The van der Waals surface area contributed by atoms with E-state index in [1.54, 1.807) is 0 Å². The van der Waals surface area contributed by atoms with Crippen LogP contribution in [0.2, 0.25) is 0 Å². The number of carboxylic acids is 1. The summed E-state index contributed by atoms with van der Waals surface area (Å²) in [6.07, 6.45) is 0.0714. The molecule has 1 N–H and O–H groups in total. The van der Waals surface area contributed by atoms with Crippen molar-refractivity contribution in [2.24, 2.45) is 4.99 Å². The molecule has 0 saturated carbocycles. The number of carboxylic acid groups (broad SMARTS) is 1. The van der Waals surface area contributed by atoms with Gasteiger partial charge in [-0.1, -0.05) is 50.2 Å². The Morgan fingerprint density at radius 2 is 1.86 bits per heavy atom. The van der Waals surface area contributed by atoms with Gasteiger partial charge in [-0.15, -0.1) is 0 Å². The molecule has 0 aliphatic rings. The lowest BCUT2D eigenvalue weighted by atomic mass is 9.76. The maximum atomic E-state index is 10.7. The molecule has 0 radical (unpaired) electrons. The quantitative estimate of drug-likeness (QED) is 0.833. The van der Waals surface area contributed by atoms with Crippen LogP contribution < -0.4 is 0 Å². The van der Waals surface area contributed by atoms with Crippen LogP contribution in [0.25, 0.3) is 10.8 Å². The zero-order chi connectivity index (χ0) is 16.3. The van der Waals surface area contributed by atoms with E-state index in [1.165, 1.54) is 21.9 Å². The maximum absolute atomic E-state index is 10.7. The molecular formula is C19H23NO2. The Balaban J connectivity index is 2.49. The largest absolute Gasteiger partial charge is 0.481 e. The molecule has 0 spiro atoms. The Labute approximate surface area is 131 Å². The van der Waals surface area contributed by atoms with E-state index in [0.29, 0.717) is 6.54 Å². The van der Waals surface area contributed by atoms with Crippen LogP contribution in [0.5, 0.6) is 0 Å². The molecule has 2 rings (SSSR count). The van der Waals surface area contributed by atoms with Gasteiger partial charge in [0.05, 0.1) is 6.42 Å². The summed E-state index contributed by atoms with van der Waals surface area (Å²) < 4.78 is 0. The molecule has 0 aliphatic heterocycles. The number of hydrogen-bond donors (Lipinski definition) is 1. The molecule has 0 bridgehead atoms. The van der Waals surface area contributed by atoms with E-state index in [2.05, 4.69) is 56.1 Å². The molecular weight excluding hydrogens is 274 g/mol. The highest BCUT2D eigenvalue weighted by atomic mass is 16.4. The molecule has 0 heterocycles. The van der Waals surface area contributed by atoms with Gasteiger partial charge in [-0.2, -0.15) is 0 Å². The van der Waals surface area contributed by atoms with Gasteiger partial charge >= 0.3 is 5.97 Å². The van der Waals surface area contributed by atoms with Gasteiger partial charge in [0.2, 0.25) is 0 Å². The molecule has 0 atom stereocenters. The van der Waals surface area contributed by atoms with E-state index in [-0.39, 0.29) is 11.8 Å². The number of aliphatic carboxylic acids is 1. The van der Waals surface area contributed by atoms with Crippen molar-refractivity contribution in [1.82, 2.24) is 0 Å². The zero-order valence-electron chi connectivity index (χ0n) is 13.7. The minimum absolute atomic E-state index is 0.0714. The SMILES string of the molecule is C/C(=N\CCC(=O)O)C(C)(C)c1c(C)ccc2ccccc12. The number of rotatable bonds is 5. The molecule has 22 heavy (non-hydrogen) atoms. The van der Waals surface area contributed by atoms with Crippen LogP contribution in [-0.2, 0) is 10.2 Å². The Bertz CT molecular complexity index is 729. The highest BCUT2D eigenvalue weighted by Gasteiger charge is 2.27. The summed E-state index contributed by atoms with van der Waals surface area (Å²) in [5.74, 6) is -0.810. The van der Waals surface area contributed by atoms with Gasteiger partial charge in [0.1, 0.15) is 0 Å². The van der Waals surface area contributed by atoms with Gasteiger partial charge in [0.15, 0.2) is 0 Å². The highest BCUT2D eigenvalue weighted by molar-refractivity contribution is 5.98. The molecule has 0 fully saturated rings. The van der Waals surface area contributed by atoms with Gasteiger partial charge in [-0.25, -0.2) is 0 Å². The molecule has 0 aromatic heterocycles. The van der Waals surface area contributed by atoms with E-state index in [9.17, 15) is 4.79 Å². The average molecular weight is 297 g/mol. The molecule has 0 unspecified atom stereocenters. The number of hydrogen-bond acceptors (Lipinski definition) is 2. The Kier molecular flexibility index (Phi) is 4.65. The van der Waals surface area contributed by atoms with Gasteiger partial charge in [-0.3, -0.25) is 9.79 Å². The fraction of sp³-hybridized carbons (Fsp3) is 0.368. The summed E-state index contributed by atoms with van der Waals surface area (Å²) in [7, 11) is 0. The predicted octanol–water partition coefficient (Wildman–Crippen LogP) is 4.36. The van der Waals surface area contributed by atoms with Crippen molar-refractivity contribution in [1.29, 1.82) is 0 Å². The standard InChI is InChI=1S/C19H23NO2/c1-13-9-10-15-7-5-6-8-16(15)18(13)19(3,4)14(2)20-12-11-17(21)22/h5-10H,11-12H2,1-4H3,(H,21,22)/b20-14+. The number of aryl methyl sites for hydroxylation is 1. The van der Waals surface area contributed by atoms with E-state index in [0.717, 1.165) is 5.71 Å². The number of benzene rings is 2.